The van der Waals surface area contributed by atoms with E-state index in [2.05, 4.69) is 80.7 Å². The number of likely N-dealkylation sites (N-methyl/N-ethyl adjacent to an activating group) is 2. The third-order valence-corrected chi connectivity index (χ3v) is 15.7. The molecule has 97 heavy (non-hydrogen) atoms. The van der Waals surface area contributed by atoms with E-state index in [0.29, 0.717) is 100 Å². The van der Waals surface area contributed by atoms with E-state index in [0.717, 1.165) is 55.3 Å². The van der Waals surface area contributed by atoms with Gasteiger partial charge in [-0.05, 0) is 143 Å². The number of nitrogens with zero attached hydrogens (tertiary/aromatic N) is 6. The molecule has 8 N–H and O–H groups in total. The molecule has 522 valence electrons. The quantitative estimate of drug-likeness (QED) is 0.0245. The lowest BCUT2D eigenvalue weighted by molar-refractivity contribution is -0.117. The van der Waals surface area contributed by atoms with E-state index in [1.807, 2.05) is 49.3 Å². The molecule has 0 radical (unpaired) electrons. The van der Waals surface area contributed by atoms with Gasteiger partial charge in [-0.3, -0.25) is 19.2 Å². The number of halogens is 5. The summed E-state index contributed by atoms with van der Waals surface area (Å²) in [6.45, 7) is 4.70. The Labute approximate surface area is 605 Å². The van der Waals surface area contributed by atoms with Crippen LogP contribution >= 0.6 is 80.0 Å². The Morgan fingerprint density at radius 2 is 1.05 bits per heavy atom. The number of aromatic nitrogens is 5. The number of amides is 1. The number of ether oxygens (including phenoxy) is 8. The van der Waals surface area contributed by atoms with Crippen LogP contribution in [0.15, 0.2) is 151 Å². The van der Waals surface area contributed by atoms with Crippen molar-refractivity contribution in [2.24, 2.45) is 5.73 Å². The molecule has 7 heterocycles. The third kappa shape index (κ3) is 29.0. The smallest absolute Gasteiger partial charge is 0.260 e. The van der Waals surface area contributed by atoms with Crippen LogP contribution in [0.25, 0.3) is 0 Å². The van der Waals surface area contributed by atoms with Gasteiger partial charge in [0.15, 0.2) is 25.2 Å². The van der Waals surface area contributed by atoms with Gasteiger partial charge in [0.25, 0.3) is 5.56 Å². The maximum absolute atomic E-state index is 11.4. The van der Waals surface area contributed by atoms with Crippen molar-refractivity contribution in [2.45, 2.75) is 30.9 Å². The Balaban J connectivity index is 0.000000249. The lowest BCUT2D eigenvalue weighted by atomic mass is 10.1. The first-order chi connectivity index (χ1) is 46.7. The van der Waals surface area contributed by atoms with E-state index >= 15 is 0 Å². The average Bonchev–Trinajstić information content (AvgIpc) is 1.80. The Morgan fingerprint density at radius 1 is 0.577 bits per heavy atom. The molecule has 1 amide bonds. The summed E-state index contributed by atoms with van der Waals surface area (Å²) in [6.07, 6.45) is 7.16. The fourth-order valence-electron chi connectivity index (χ4n) is 8.12. The second kappa shape index (κ2) is 46.1. The molecule has 10 rings (SSSR count). The fourth-order valence-corrected chi connectivity index (χ4v) is 9.89. The molecular formula is C67H79Cl3I2N10O15. The SMILES string of the molecule is CN(C)CCN(C)C=O.COc1ccccn1.COc1nccc(I)c1C1OCCO1.COc1nccc(I)c1C=O.COc1nccc(NCC(O)c2cccc(Cl)c2)c1C1OCCO1.NC[C@@H](O)c1cccc(Cl)c1.O=Cc1c(NCC(O)c2cccc(Cl)c2)cc[nH]c1=O. The second-order valence-corrected chi connectivity index (χ2v) is 23.8. The zero-order valence-electron chi connectivity index (χ0n) is 54.2. The van der Waals surface area contributed by atoms with Crippen LogP contribution < -0.4 is 40.9 Å². The number of rotatable bonds is 22. The molecule has 2 aliphatic heterocycles. The number of anilines is 2. The molecule has 0 aliphatic carbocycles. The molecule has 8 aromatic rings. The Hall–Kier alpha value is -7.21. The van der Waals surface area contributed by atoms with E-state index in [-0.39, 0.29) is 24.9 Å². The number of aromatic amines is 1. The van der Waals surface area contributed by atoms with Gasteiger partial charge in [0, 0.05) is 105 Å². The van der Waals surface area contributed by atoms with Crippen molar-refractivity contribution < 1.29 is 67.6 Å². The van der Waals surface area contributed by atoms with Crippen molar-refractivity contribution in [3.05, 3.63) is 218 Å². The summed E-state index contributed by atoms with van der Waals surface area (Å²) in [5.74, 6) is 2.05. The number of hydrogen-bond donors (Lipinski definition) is 7. The third-order valence-electron chi connectivity index (χ3n) is 13.1. The predicted octanol–water partition coefficient (Wildman–Crippen LogP) is 10.2. The highest BCUT2D eigenvalue weighted by atomic mass is 127. The van der Waals surface area contributed by atoms with E-state index in [1.165, 1.54) is 13.3 Å². The molecule has 3 aromatic carbocycles. The van der Waals surface area contributed by atoms with Gasteiger partial charge in [0.05, 0.1) is 95.6 Å². The Morgan fingerprint density at radius 3 is 1.48 bits per heavy atom. The number of aliphatic hydroxyl groups excluding tert-OH is 3. The molecule has 2 saturated heterocycles. The topological polar surface area (TPSA) is 327 Å². The molecule has 0 saturated carbocycles. The molecule has 25 nitrogen and oxygen atoms in total. The lowest BCUT2D eigenvalue weighted by Crippen LogP contribution is -2.27. The van der Waals surface area contributed by atoms with Crippen molar-refractivity contribution >= 4 is 110 Å². The molecule has 2 unspecified atom stereocenters. The summed E-state index contributed by atoms with van der Waals surface area (Å²) >= 11 is 21.8. The van der Waals surface area contributed by atoms with Crippen LogP contribution in [-0.4, -0.2) is 178 Å². The summed E-state index contributed by atoms with van der Waals surface area (Å²) < 4.78 is 44.0. The highest BCUT2D eigenvalue weighted by Gasteiger charge is 2.28. The zero-order chi connectivity index (χ0) is 71.1. The van der Waals surface area contributed by atoms with Gasteiger partial charge in [-0.1, -0.05) is 77.3 Å². The number of H-pyrrole nitrogens is 1. The number of aliphatic hydroxyl groups is 3. The predicted molar refractivity (Wildman–Crippen MR) is 388 cm³/mol. The van der Waals surface area contributed by atoms with Crippen LogP contribution in [0.4, 0.5) is 11.4 Å². The van der Waals surface area contributed by atoms with Gasteiger partial charge in [-0.2, -0.15) is 0 Å². The molecule has 5 aromatic heterocycles. The van der Waals surface area contributed by atoms with Crippen molar-refractivity contribution in [1.29, 1.82) is 0 Å². The molecule has 0 bridgehead atoms. The first-order valence-electron chi connectivity index (χ1n) is 29.5. The van der Waals surface area contributed by atoms with Crippen LogP contribution in [0.2, 0.25) is 15.1 Å². The molecule has 0 spiro atoms. The highest BCUT2D eigenvalue weighted by Crippen LogP contribution is 2.36. The first-order valence-corrected chi connectivity index (χ1v) is 32.8. The van der Waals surface area contributed by atoms with Crippen molar-refractivity contribution in [3.63, 3.8) is 0 Å². The monoisotopic (exact) mass is 1620 g/mol. The molecule has 2 aliphatic rings. The molecule has 3 atom stereocenters. The highest BCUT2D eigenvalue weighted by molar-refractivity contribution is 14.1. The number of aldehydes is 2. The van der Waals surface area contributed by atoms with E-state index in [1.54, 1.807) is 143 Å². The van der Waals surface area contributed by atoms with Gasteiger partial charge in [-0.15, -0.1) is 0 Å². The van der Waals surface area contributed by atoms with Gasteiger partial charge >= 0.3 is 0 Å². The Kier molecular flexibility index (Phi) is 39.1. The van der Waals surface area contributed by atoms with Crippen LogP contribution in [0.3, 0.4) is 0 Å². The zero-order valence-corrected chi connectivity index (χ0v) is 60.8. The number of benzene rings is 3. The second-order valence-electron chi connectivity index (χ2n) is 20.2. The van der Waals surface area contributed by atoms with Crippen LogP contribution in [-0.2, 0) is 23.7 Å². The molecule has 2 fully saturated rings. The largest absolute Gasteiger partial charge is 0.481 e. The normalized spacial score (nSPS) is 13.1. The molecule has 30 heteroatoms. The number of pyridine rings is 5. The lowest BCUT2D eigenvalue weighted by Gasteiger charge is -2.19. The first kappa shape index (κ1) is 82.2. The average molecular weight is 1620 g/mol. The summed E-state index contributed by atoms with van der Waals surface area (Å²) in [5, 5.41) is 37.5. The van der Waals surface area contributed by atoms with Crippen LogP contribution in [0, 0.1) is 7.14 Å². The van der Waals surface area contributed by atoms with Crippen molar-refractivity contribution in [2.75, 3.05) is 119 Å². The van der Waals surface area contributed by atoms with Crippen LogP contribution in [0.5, 0.6) is 23.5 Å². The fraction of sp³-hybridized carbons (Fsp3) is 0.313. The van der Waals surface area contributed by atoms with Gasteiger partial charge in [0.2, 0.25) is 29.9 Å². The van der Waals surface area contributed by atoms with E-state index in [9.17, 15) is 34.5 Å². The Bertz CT molecular complexity index is 3680. The number of methoxy groups -OCH3 is 4. The summed E-state index contributed by atoms with van der Waals surface area (Å²) in [7, 11) is 12.0. The maximum Gasteiger partial charge on any atom is 0.260 e. The molecular weight excluding hydrogens is 1540 g/mol. The van der Waals surface area contributed by atoms with Gasteiger partial charge in [0.1, 0.15) is 5.56 Å². The minimum Gasteiger partial charge on any atom is -0.481 e. The van der Waals surface area contributed by atoms with Crippen LogP contribution in [0.1, 0.15) is 79.4 Å². The minimum absolute atomic E-state index is 0.00536. The van der Waals surface area contributed by atoms with Crippen molar-refractivity contribution in [3.8, 4) is 23.5 Å². The van der Waals surface area contributed by atoms with Crippen molar-refractivity contribution in [1.82, 2.24) is 34.7 Å². The van der Waals surface area contributed by atoms with Gasteiger partial charge in [-0.25, -0.2) is 19.9 Å². The number of nitrogens with two attached hydrogens (primary N) is 1. The van der Waals surface area contributed by atoms with E-state index in [4.69, 9.17) is 78.4 Å². The summed E-state index contributed by atoms with van der Waals surface area (Å²) in [5.41, 5.74) is 10.2. The number of carbonyl (C=O) groups excluding carboxylic acids is 3. The standard InChI is InChI=1S/C17H19ClN2O4.C14H13ClN2O3.C9H10INO3.C8H10ClNO.C7H6INO2.C6H14N2O.C6H7NO/c1-22-16-15(17-23-7-8-24-17)13(5-6-19-16)20-10-14(21)11-3-2-4-12(18)9-11;15-10-3-1-2-9(6-10)13(19)7-17-12-4-5-16-14(20)11(12)8-18;1-12-8-7(6(10)2-3-11-8)9-13-4-5-14-9;9-7-3-1-2-6(4-7)8(11)5-10;1-11-7-5(4-10)6(8)2-3-9-7;1-7(2)4-5-8(3)6-9;1-8-6-4-2-3-5-7-6/h2-6,9,14,17,21H,7-8,10H2,1H3,(H,19,20);1-6,8,13,19H,7H2,(H2,16,17,20);2-3,9H,4-5H2,1H3;1-4,8,11H,5,10H2;2-4H,1H3;6H,4-5H2,1-3H3;2-5H,1H3/t;;;8-;;;/m...1.../s1. The number of carbonyl (C=O) groups is 3. The van der Waals surface area contributed by atoms with Gasteiger partial charge < -0.3 is 84.4 Å². The number of nitrogens with one attached hydrogen (secondary N) is 3. The van der Waals surface area contributed by atoms with E-state index < -0.39 is 30.2 Å². The summed E-state index contributed by atoms with van der Waals surface area (Å²) in [4.78, 5) is 64.9. The minimum atomic E-state index is -0.799. The summed E-state index contributed by atoms with van der Waals surface area (Å²) in [6, 6.07) is 33.6. The number of hydrogen-bond acceptors (Lipinski definition) is 23. The maximum atomic E-state index is 11.4.